The Hall–Kier alpha value is -1.71. The molecule has 0 aliphatic carbocycles. The van der Waals surface area contributed by atoms with Crippen LogP contribution in [0.4, 0.5) is 4.39 Å². The van der Waals surface area contributed by atoms with Gasteiger partial charge in [0.25, 0.3) is 0 Å². The normalized spacial score (nSPS) is 10.0. The predicted molar refractivity (Wildman–Crippen MR) is 52.4 cm³/mol. The van der Waals surface area contributed by atoms with Gasteiger partial charge in [-0.25, -0.2) is 9.18 Å². The number of benzene rings is 1. The van der Waals surface area contributed by atoms with Crippen LogP contribution in [0.3, 0.4) is 0 Å². The highest BCUT2D eigenvalue weighted by Gasteiger charge is 2.15. The van der Waals surface area contributed by atoms with Crippen molar-refractivity contribution in [3.63, 3.8) is 0 Å². The van der Waals surface area contributed by atoms with Crippen LogP contribution in [0.15, 0.2) is 18.2 Å². The molecule has 4 heteroatoms. The second kappa shape index (κ2) is 4.68. The van der Waals surface area contributed by atoms with Gasteiger partial charge in [0.1, 0.15) is 11.6 Å². The Morgan fingerprint density at radius 2 is 2.07 bits per heavy atom. The third kappa shape index (κ3) is 2.87. The van der Waals surface area contributed by atoms with Crippen molar-refractivity contribution in [2.45, 2.75) is 19.8 Å². The van der Waals surface area contributed by atoms with Crippen molar-refractivity contribution >= 4 is 11.8 Å². The first kappa shape index (κ1) is 11.4. The topological polar surface area (TPSA) is 54.4 Å². The van der Waals surface area contributed by atoms with Crippen LogP contribution in [0, 0.1) is 5.82 Å². The third-order valence-corrected chi connectivity index (χ3v) is 2.06. The quantitative estimate of drug-likeness (QED) is 0.827. The Bertz CT molecular complexity index is 399. The molecule has 3 nitrogen and oxygen atoms in total. The maximum absolute atomic E-state index is 13.2. The summed E-state index contributed by atoms with van der Waals surface area (Å²) in [5, 5.41) is 8.79. The molecule has 0 radical (unpaired) electrons. The fourth-order valence-electron chi connectivity index (χ4n) is 1.33. The molecule has 80 valence electrons. The van der Waals surface area contributed by atoms with Crippen molar-refractivity contribution in [1.29, 1.82) is 0 Å². The molecule has 0 heterocycles. The Morgan fingerprint density at radius 3 is 2.60 bits per heavy atom. The number of carbonyl (C=O) groups excluding carboxylic acids is 1. The molecule has 15 heavy (non-hydrogen) atoms. The average Bonchev–Trinajstić information content (AvgIpc) is 2.13. The first-order chi connectivity index (χ1) is 7.02. The molecule has 0 aromatic heterocycles. The van der Waals surface area contributed by atoms with E-state index in [0.717, 1.165) is 6.07 Å². The van der Waals surface area contributed by atoms with Gasteiger partial charge in [-0.3, -0.25) is 0 Å². The lowest BCUT2D eigenvalue weighted by atomic mass is 10.0. The summed E-state index contributed by atoms with van der Waals surface area (Å²) in [7, 11) is 0. The Kier molecular flexibility index (Phi) is 3.55. The Balaban J connectivity index is 3.01. The molecule has 0 unspecified atom stereocenters. The van der Waals surface area contributed by atoms with Crippen LogP contribution in [0.1, 0.15) is 29.3 Å². The van der Waals surface area contributed by atoms with Gasteiger partial charge < -0.3 is 9.90 Å². The van der Waals surface area contributed by atoms with E-state index in [1.165, 1.54) is 19.1 Å². The number of aromatic carboxylic acids is 1. The number of hydrogen-bond acceptors (Lipinski definition) is 2. The minimum absolute atomic E-state index is 0.0457. The second-order valence-corrected chi connectivity index (χ2v) is 3.28. The van der Waals surface area contributed by atoms with Gasteiger partial charge in [-0.15, -0.1) is 0 Å². The zero-order valence-corrected chi connectivity index (χ0v) is 8.29. The molecule has 1 N–H and O–H groups in total. The van der Waals surface area contributed by atoms with Gasteiger partial charge in [0.2, 0.25) is 0 Å². The number of hydrogen-bond donors (Lipinski definition) is 1. The maximum atomic E-state index is 13.2. The van der Waals surface area contributed by atoms with Crippen LogP contribution < -0.4 is 0 Å². The summed E-state index contributed by atoms with van der Waals surface area (Å²) < 4.78 is 13.2. The maximum Gasteiger partial charge on any atom is 0.338 e. The van der Waals surface area contributed by atoms with E-state index in [1.807, 2.05) is 0 Å². The molecule has 0 fully saturated rings. The van der Waals surface area contributed by atoms with Crippen LogP contribution in [0.5, 0.6) is 0 Å². The molecule has 0 bridgehead atoms. The van der Waals surface area contributed by atoms with Crippen LogP contribution in [-0.2, 0) is 11.2 Å². The van der Waals surface area contributed by atoms with E-state index in [-0.39, 0.29) is 24.2 Å². The fraction of sp³-hybridized carbons (Fsp3) is 0.273. The summed E-state index contributed by atoms with van der Waals surface area (Å²) in [6, 6.07) is 4.06. The second-order valence-electron chi connectivity index (χ2n) is 3.28. The van der Waals surface area contributed by atoms with E-state index in [2.05, 4.69) is 0 Å². The molecule has 0 saturated heterocycles. The summed E-state index contributed by atoms with van der Waals surface area (Å²) in [5.41, 5.74) is 0.0245. The summed E-state index contributed by atoms with van der Waals surface area (Å²) in [5.74, 6) is -2.11. The number of aryl methyl sites for hydroxylation is 1. The van der Waals surface area contributed by atoms with E-state index < -0.39 is 11.8 Å². The summed E-state index contributed by atoms with van der Waals surface area (Å²) in [6.45, 7) is 1.42. The van der Waals surface area contributed by atoms with Crippen molar-refractivity contribution in [1.82, 2.24) is 0 Å². The third-order valence-electron chi connectivity index (χ3n) is 2.06. The van der Waals surface area contributed by atoms with E-state index in [1.54, 1.807) is 0 Å². The first-order valence-corrected chi connectivity index (χ1v) is 4.52. The molecule has 0 amide bonds. The summed E-state index contributed by atoms with van der Waals surface area (Å²) >= 11 is 0. The molecule has 0 saturated carbocycles. The Morgan fingerprint density at radius 1 is 1.40 bits per heavy atom. The van der Waals surface area contributed by atoms with E-state index in [9.17, 15) is 14.0 Å². The van der Waals surface area contributed by atoms with Crippen LogP contribution in [-0.4, -0.2) is 16.9 Å². The van der Waals surface area contributed by atoms with E-state index in [4.69, 9.17) is 5.11 Å². The first-order valence-electron chi connectivity index (χ1n) is 4.52. The zero-order valence-electron chi connectivity index (χ0n) is 8.29. The highest BCUT2D eigenvalue weighted by molar-refractivity contribution is 5.90. The summed E-state index contributed by atoms with van der Waals surface area (Å²) in [4.78, 5) is 21.5. The van der Waals surface area contributed by atoms with Gasteiger partial charge in [-0.2, -0.15) is 0 Å². The van der Waals surface area contributed by atoms with Gasteiger partial charge in [0, 0.05) is 6.42 Å². The van der Waals surface area contributed by atoms with E-state index in [0.29, 0.717) is 5.56 Å². The van der Waals surface area contributed by atoms with Crippen molar-refractivity contribution < 1.29 is 19.1 Å². The lowest BCUT2D eigenvalue weighted by Crippen LogP contribution is -2.07. The highest BCUT2D eigenvalue weighted by Crippen LogP contribution is 2.15. The lowest BCUT2D eigenvalue weighted by molar-refractivity contribution is -0.116. The lowest BCUT2D eigenvalue weighted by Gasteiger charge is -2.05. The molecular formula is C11H11FO3. The molecule has 0 spiro atoms. The number of ketones is 1. The number of rotatable bonds is 4. The fourth-order valence-corrected chi connectivity index (χ4v) is 1.33. The Labute approximate surface area is 86.5 Å². The van der Waals surface area contributed by atoms with Gasteiger partial charge >= 0.3 is 5.97 Å². The van der Waals surface area contributed by atoms with Crippen molar-refractivity contribution in [2.24, 2.45) is 0 Å². The van der Waals surface area contributed by atoms with Crippen LogP contribution >= 0.6 is 0 Å². The van der Waals surface area contributed by atoms with Gasteiger partial charge in [0.05, 0.1) is 5.56 Å². The molecular weight excluding hydrogens is 199 g/mol. The largest absolute Gasteiger partial charge is 0.478 e. The molecule has 0 aliphatic heterocycles. The monoisotopic (exact) mass is 210 g/mol. The SMILES string of the molecule is CC(=O)CCc1cccc(F)c1C(=O)O. The summed E-state index contributed by atoms with van der Waals surface area (Å²) in [6.07, 6.45) is 0.485. The van der Waals surface area contributed by atoms with Crippen LogP contribution in [0.2, 0.25) is 0 Å². The number of carbonyl (C=O) groups is 2. The van der Waals surface area contributed by atoms with Gasteiger partial charge in [-0.05, 0) is 25.0 Å². The molecule has 0 atom stereocenters. The minimum atomic E-state index is -1.30. The average molecular weight is 210 g/mol. The van der Waals surface area contributed by atoms with Gasteiger partial charge in [-0.1, -0.05) is 12.1 Å². The number of carboxylic acids is 1. The van der Waals surface area contributed by atoms with E-state index >= 15 is 0 Å². The predicted octanol–water partition coefficient (Wildman–Crippen LogP) is 2.05. The minimum Gasteiger partial charge on any atom is -0.478 e. The molecule has 1 rings (SSSR count). The number of Topliss-reactive ketones (excluding diaryl/α,β-unsaturated/α-hetero) is 1. The molecule has 1 aromatic rings. The zero-order chi connectivity index (χ0) is 11.4. The van der Waals surface area contributed by atoms with Crippen molar-refractivity contribution in [3.8, 4) is 0 Å². The van der Waals surface area contributed by atoms with Crippen LogP contribution in [0.25, 0.3) is 0 Å². The number of halogens is 1. The standard InChI is InChI=1S/C11H11FO3/c1-7(13)5-6-8-3-2-4-9(12)10(8)11(14)15/h2-4H,5-6H2,1H3,(H,14,15). The van der Waals surface area contributed by atoms with Crippen molar-refractivity contribution in [3.05, 3.63) is 35.1 Å². The molecule has 1 aromatic carbocycles. The van der Waals surface area contributed by atoms with Crippen molar-refractivity contribution in [2.75, 3.05) is 0 Å². The molecule has 0 aliphatic rings. The van der Waals surface area contributed by atoms with Gasteiger partial charge in [0.15, 0.2) is 0 Å². The smallest absolute Gasteiger partial charge is 0.338 e. The number of carboxylic acid groups (broad SMARTS) is 1. The highest BCUT2D eigenvalue weighted by atomic mass is 19.1.